The van der Waals surface area contributed by atoms with Crippen molar-refractivity contribution in [2.45, 2.75) is 64.3 Å². The van der Waals surface area contributed by atoms with Crippen molar-refractivity contribution < 1.29 is 4.74 Å². The molecule has 3 aliphatic rings. The number of hydrogen-bond donors (Lipinski definition) is 1. The molecule has 3 rings (SSSR count). The van der Waals surface area contributed by atoms with E-state index in [2.05, 4.69) is 30.5 Å². The van der Waals surface area contributed by atoms with Crippen molar-refractivity contribution in [3.63, 3.8) is 0 Å². The number of methoxy groups -OCH3 is 1. The van der Waals surface area contributed by atoms with Crippen LogP contribution in [0.4, 0.5) is 0 Å². The van der Waals surface area contributed by atoms with Crippen molar-refractivity contribution in [3.05, 3.63) is 35.3 Å². The molecule has 0 aromatic heterocycles. The minimum Gasteiger partial charge on any atom is -0.497 e. The number of unbranched alkanes of at least 4 members (excludes halogenated alkanes) is 3. The fraction of sp³-hybridized carbons (Fsp3) is 0.650. The number of nitrogens with zero attached hydrogens (tertiary/aromatic N) is 1. The van der Waals surface area contributed by atoms with Crippen LogP contribution in [-0.4, -0.2) is 25.4 Å². The van der Waals surface area contributed by atoms with Gasteiger partial charge in [0.15, 0.2) is 0 Å². The molecule has 2 aliphatic carbocycles. The molecule has 1 N–H and O–H groups in total. The lowest BCUT2D eigenvalue weighted by atomic mass is 9.79. The van der Waals surface area contributed by atoms with Gasteiger partial charge in [0.05, 0.1) is 13.2 Å². The molecule has 2 atom stereocenters. The standard InChI is InChI=1S/C20H30N2O/c1-3-4-5-8-13-21-20-16-9-6-7-10-18(16)22-19-12-11-15(23-2)14-17(19)20/h11-12,14,16,19,21H,3-10,13H2,1-2H3. The molecule has 3 nitrogen and oxygen atoms in total. The van der Waals surface area contributed by atoms with Crippen LogP contribution in [0.25, 0.3) is 0 Å². The summed E-state index contributed by atoms with van der Waals surface area (Å²) >= 11 is 0. The second-order valence-electron chi connectivity index (χ2n) is 6.83. The number of rotatable bonds is 7. The van der Waals surface area contributed by atoms with E-state index >= 15 is 0 Å². The first-order valence-electron chi connectivity index (χ1n) is 9.32. The molecule has 1 aliphatic heterocycles. The highest BCUT2D eigenvalue weighted by Crippen LogP contribution is 2.36. The van der Waals surface area contributed by atoms with Crippen molar-refractivity contribution in [1.82, 2.24) is 5.32 Å². The minimum absolute atomic E-state index is 0.191. The molecule has 0 amide bonds. The zero-order valence-electron chi connectivity index (χ0n) is 14.6. The fourth-order valence-corrected chi connectivity index (χ4v) is 3.89. The Hall–Kier alpha value is -1.51. The fourth-order valence-electron chi connectivity index (χ4n) is 3.89. The third-order valence-corrected chi connectivity index (χ3v) is 5.18. The van der Waals surface area contributed by atoms with Crippen LogP contribution < -0.4 is 5.32 Å². The zero-order chi connectivity index (χ0) is 16.1. The summed E-state index contributed by atoms with van der Waals surface area (Å²) < 4.78 is 5.45. The molecule has 0 aromatic carbocycles. The summed E-state index contributed by atoms with van der Waals surface area (Å²) in [7, 11) is 1.74. The second kappa shape index (κ2) is 7.85. The molecule has 0 bridgehead atoms. The first kappa shape index (κ1) is 16.4. The maximum Gasteiger partial charge on any atom is 0.119 e. The Morgan fingerprint density at radius 1 is 1.26 bits per heavy atom. The third kappa shape index (κ3) is 3.70. The van der Waals surface area contributed by atoms with Gasteiger partial charge in [-0.05, 0) is 37.8 Å². The topological polar surface area (TPSA) is 33.6 Å². The average molecular weight is 314 g/mol. The smallest absolute Gasteiger partial charge is 0.119 e. The number of ether oxygens (including phenoxy) is 1. The molecule has 0 saturated heterocycles. The third-order valence-electron chi connectivity index (χ3n) is 5.18. The first-order chi connectivity index (χ1) is 11.3. The molecular weight excluding hydrogens is 284 g/mol. The van der Waals surface area contributed by atoms with Crippen LogP contribution in [0.15, 0.2) is 40.2 Å². The second-order valence-corrected chi connectivity index (χ2v) is 6.83. The van der Waals surface area contributed by atoms with Gasteiger partial charge in [-0.15, -0.1) is 0 Å². The van der Waals surface area contributed by atoms with Gasteiger partial charge in [0.1, 0.15) is 5.76 Å². The number of nitrogens with one attached hydrogen (secondary N) is 1. The Kier molecular flexibility index (Phi) is 5.58. The van der Waals surface area contributed by atoms with Crippen LogP contribution in [0, 0.1) is 5.92 Å². The van der Waals surface area contributed by atoms with Crippen LogP contribution >= 0.6 is 0 Å². The average Bonchev–Trinajstić information content (AvgIpc) is 2.60. The quantitative estimate of drug-likeness (QED) is 0.701. The van der Waals surface area contributed by atoms with E-state index in [1.54, 1.807) is 7.11 Å². The highest BCUT2D eigenvalue weighted by Gasteiger charge is 2.33. The van der Waals surface area contributed by atoms with Gasteiger partial charge in [-0.25, -0.2) is 0 Å². The Balaban J connectivity index is 1.78. The molecule has 0 radical (unpaired) electrons. The molecule has 3 heteroatoms. The molecular formula is C20H30N2O. The van der Waals surface area contributed by atoms with Crippen LogP contribution in [0.3, 0.4) is 0 Å². The Labute approximate surface area is 140 Å². The largest absolute Gasteiger partial charge is 0.497 e. The first-order valence-corrected chi connectivity index (χ1v) is 9.32. The highest BCUT2D eigenvalue weighted by atomic mass is 16.5. The normalized spacial score (nSPS) is 26.2. The lowest BCUT2D eigenvalue weighted by Crippen LogP contribution is -2.36. The molecule has 23 heavy (non-hydrogen) atoms. The summed E-state index contributed by atoms with van der Waals surface area (Å²) in [6.45, 7) is 3.34. The van der Waals surface area contributed by atoms with Crippen molar-refractivity contribution in [2.75, 3.05) is 13.7 Å². The lowest BCUT2D eigenvalue weighted by molar-refractivity contribution is 0.305. The van der Waals surface area contributed by atoms with Crippen molar-refractivity contribution in [1.29, 1.82) is 0 Å². The maximum absolute atomic E-state index is 5.45. The van der Waals surface area contributed by atoms with E-state index in [1.807, 2.05) is 0 Å². The molecule has 2 unspecified atom stereocenters. The molecule has 0 spiro atoms. The van der Waals surface area contributed by atoms with Crippen LogP contribution in [-0.2, 0) is 4.74 Å². The lowest BCUT2D eigenvalue weighted by Gasteiger charge is -2.35. The molecule has 1 heterocycles. The summed E-state index contributed by atoms with van der Waals surface area (Å²) in [4.78, 5) is 5.03. The summed E-state index contributed by atoms with van der Waals surface area (Å²) in [5.74, 6) is 1.46. The monoisotopic (exact) mass is 314 g/mol. The Bertz CT molecular complexity index is 542. The number of dihydropyridines is 1. The van der Waals surface area contributed by atoms with E-state index in [4.69, 9.17) is 9.73 Å². The van der Waals surface area contributed by atoms with Gasteiger partial charge in [-0.2, -0.15) is 0 Å². The van der Waals surface area contributed by atoms with Gasteiger partial charge in [0.2, 0.25) is 0 Å². The van der Waals surface area contributed by atoms with Crippen molar-refractivity contribution in [2.24, 2.45) is 10.9 Å². The summed E-state index contributed by atoms with van der Waals surface area (Å²) in [6.07, 6.45) is 16.7. The Morgan fingerprint density at radius 3 is 3.00 bits per heavy atom. The predicted octanol–water partition coefficient (Wildman–Crippen LogP) is 4.52. The van der Waals surface area contributed by atoms with E-state index in [9.17, 15) is 0 Å². The van der Waals surface area contributed by atoms with Gasteiger partial charge in [0, 0.05) is 29.4 Å². The van der Waals surface area contributed by atoms with Gasteiger partial charge in [-0.3, -0.25) is 4.99 Å². The predicted molar refractivity (Wildman–Crippen MR) is 96.6 cm³/mol. The van der Waals surface area contributed by atoms with Gasteiger partial charge < -0.3 is 10.1 Å². The summed E-state index contributed by atoms with van der Waals surface area (Å²) in [5, 5.41) is 3.79. The summed E-state index contributed by atoms with van der Waals surface area (Å²) in [6, 6.07) is 0.191. The molecule has 1 fully saturated rings. The van der Waals surface area contributed by atoms with Crippen molar-refractivity contribution >= 4 is 5.71 Å². The van der Waals surface area contributed by atoms with Gasteiger partial charge >= 0.3 is 0 Å². The molecule has 1 saturated carbocycles. The van der Waals surface area contributed by atoms with E-state index in [-0.39, 0.29) is 6.04 Å². The SMILES string of the molecule is CCCCCCNC1=C2C=C(OC)C=CC2N=C2CCCCC21. The number of allylic oxidation sites excluding steroid dienone is 2. The van der Waals surface area contributed by atoms with E-state index in [0.29, 0.717) is 5.92 Å². The summed E-state index contributed by atoms with van der Waals surface area (Å²) in [5.41, 5.74) is 4.17. The van der Waals surface area contributed by atoms with Gasteiger partial charge in [-0.1, -0.05) is 38.7 Å². The molecule has 0 aromatic rings. The van der Waals surface area contributed by atoms with E-state index < -0.39 is 0 Å². The Morgan fingerprint density at radius 2 is 2.17 bits per heavy atom. The highest BCUT2D eigenvalue weighted by molar-refractivity contribution is 5.91. The van der Waals surface area contributed by atoms with Crippen molar-refractivity contribution in [3.8, 4) is 0 Å². The molecule has 126 valence electrons. The van der Waals surface area contributed by atoms with Gasteiger partial charge in [0.25, 0.3) is 0 Å². The maximum atomic E-state index is 5.45. The van der Waals surface area contributed by atoms with Crippen LogP contribution in [0.5, 0.6) is 0 Å². The minimum atomic E-state index is 0.191. The van der Waals surface area contributed by atoms with Crippen LogP contribution in [0.1, 0.15) is 58.3 Å². The number of aliphatic imine (C=N–C) groups is 1. The number of hydrogen-bond acceptors (Lipinski definition) is 3. The zero-order valence-corrected chi connectivity index (χ0v) is 14.6. The van der Waals surface area contributed by atoms with Crippen LogP contribution in [0.2, 0.25) is 0 Å². The number of fused-ring (bicyclic) bond motifs is 2. The van der Waals surface area contributed by atoms with E-state index in [1.165, 1.54) is 68.3 Å². The van der Waals surface area contributed by atoms with E-state index in [0.717, 1.165) is 12.3 Å².